The Balaban J connectivity index is 0.000000659. The van der Waals surface area contributed by atoms with E-state index in [1.165, 1.54) is 42.4 Å². The maximum absolute atomic E-state index is 12.6. The standard InChI is InChI=1S/C20H24N2OS.CH3NO/c1-3-22-16-10-11-17(24-21-20(2)12-5-4-6-13-20)14-8-7-9-15(18(14)16)19(22)23;2-1-3/h7-11,21H,3-6,12-13H2,1-2H3;1H,(H2,2,3). The first-order chi connectivity index (χ1) is 13.0. The number of anilines is 1. The number of carbonyl (C=O) groups excluding carboxylic acids is 2. The van der Waals surface area contributed by atoms with Crippen molar-refractivity contribution in [3.63, 3.8) is 0 Å². The van der Waals surface area contributed by atoms with Gasteiger partial charge in [-0.15, -0.1) is 0 Å². The van der Waals surface area contributed by atoms with E-state index in [-0.39, 0.29) is 17.9 Å². The van der Waals surface area contributed by atoms with Crippen molar-refractivity contribution < 1.29 is 9.59 Å². The Morgan fingerprint density at radius 2 is 1.93 bits per heavy atom. The number of carbonyl (C=O) groups is 2. The Labute approximate surface area is 164 Å². The molecule has 1 fully saturated rings. The van der Waals surface area contributed by atoms with Crippen molar-refractivity contribution in [3.8, 4) is 0 Å². The number of hydrogen-bond donors (Lipinski definition) is 2. The lowest BCUT2D eigenvalue weighted by molar-refractivity contribution is -0.106. The lowest BCUT2D eigenvalue weighted by Gasteiger charge is -2.34. The summed E-state index contributed by atoms with van der Waals surface area (Å²) >= 11 is 1.73. The second kappa shape index (κ2) is 8.31. The molecule has 5 nitrogen and oxygen atoms in total. The fourth-order valence-electron chi connectivity index (χ4n) is 4.03. The van der Waals surface area contributed by atoms with E-state index in [0.29, 0.717) is 6.54 Å². The largest absolute Gasteiger partial charge is 0.372 e. The van der Waals surface area contributed by atoms with Crippen LogP contribution in [-0.4, -0.2) is 24.4 Å². The maximum atomic E-state index is 12.6. The summed E-state index contributed by atoms with van der Waals surface area (Å²) in [6.07, 6.45) is 6.71. The third-order valence-electron chi connectivity index (χ3n) is 5.43. The highest BCUT2D eigenvalue weighted by Crippen LogP contribution is 2.41. The number of nitrogens with two attached hydrogens (primary N) is 1. The van der Waals surface area contributed by atoms with Crippen molar-refractivity contribution in [3.05, 3.63) is 35.9 Å². The van der Waals surface area contributed by atoms with Crippen LogP contribution in [0.25, 0.3) is 10.8 Å². The molecule has 3 N–H and O–H groups in total. The van der Waals surface area contributed by atoms with Crippen LogP contribution in [0.3, 0.4) is 0 Å². The molecule has 1 heterocycles. The fraction of sp³-hybridized carbons (Fsp3) is 0.429. The lowest BCUT2D eigenvalue weighted by Crippen LogP contribution is -2.39. The van der Waals surface area contributed by atoms with Crippen LogP contribution in [-0.2, 0) is 4.79 Å². The summed E-state index contributed by atoms with van der Waals surface area (Å²) in [7, 11) is 0. The van der Waals surface area contributed by atoms with Gasteiger partial charge < -0.3 is 10.6 Å². The van der Waals surface area contributed by atoms with Gasteiger partial charge in [-0.05, 0) is 62.2 Å². The third-order valence-corrected chi connectivity index (χ3v) is 6.60. The van der Waals surface area contributed by atoms with Crippen LogP contribution in [0.15, 0.2) is 35.2 Å². The van der Waals surface area contributed by atoms with Gasteiger partial charge in [-0.3, -0.25) is 14.3 Å². The molecule has 0 spiro atoms. The van der Waals surface area contributed by atoms with Gasteiger partial charge in [0.15, 0.2) is 0 Å². The van der Waals surface area contributed by atoms with Gasteiger partial charge in [-0.2, -0.15) is 0 Å². The van der Waals surface area contributed by atoms with Crippen LogP contribution in [0.1, 0.15) is 56.3 Å². The molecule has 1 aliphatic carbocycles. The summed E-state index contributed by atoms with van der Waals surface area (Å²) in [5, 5.41) is 2.30. The molecule has 0 saturated heterocycles. The number of nitrogens with one attached hydrogen (secondary N) is 1. The number of hydrogen-bond acceptors (Lipinski definition) is 4. The molecule has 144 valence electrons. The van der Waals surface area contributed by atoms with Crippen LogP contribution in [0.2, 0.25) is 0 Å². The average molecular weight is 386 g/mol. The lowest BCUT2D eigenvalue weighted by atomic mass is 9.84. The van der Waals surface area contributed by atoms with E-state index in [1.807, 2.05) is 24.0 Å². The molecule has 0 radical (unpaired) electrons. The zero-order valence-corrected chi connectivity index (χ0v) is 16.8. The quantitative estimate of drug-likeness (QED) is 0.610. The van der Waals surface area contributed by atoms with Crippen LogP contribution >= 0.6 is 11.9 Å². The van der Waals surface area contributed by atoms with Gasteiger partial charge in [0.1, 0.15) is 0 Å². The van der Waals surface area contributed by atoms with E-state index < -0.39 is 0 Å². The maximum Gasteiger partial charge on any atom is 0.258 e. The summed E-state index contributed by atoms with van der Waals surface area (Å²) in [5.74, 6) is 0.132. The predicted octanol–water partition coefficient (Wildman–Crippen LogP) is 4.24. The van der Waals surface area contributed by atoms with E-state index in [9.17, 15) is 4.79 Å². The average Bonchev–Trinajstić information content (AvgIpc) is 2.95. The molecule has 6 heteroatoms. The van der Waals surface area contributed by atoms with Crippen LogP contribution in [0.5, 0.6) is 0 Å². The number of primary amides is 1. The minimum atomic E-state index is 0.132. The molecular weight excluding hydrogens is 358 g/mol. The topological polar surface area (TPSA) is 75.4 Å². The molecule has 0 aromatic heterocycles. The minimum absolute atomic E-state index is 0.132. The molecule has 4 rings (SSSR count). The number of amides is 2. The van der Waals surface area contributed by atoms with Crippen LogP contribution < -0.4 is 15.4 Å². The zero-order valence-electron chi connectivity index (χ0n) is 16.0. The molecule has 1 saturated carbocycles. The number of rotatable bonds is 4. The van der Waals surface area contributed by atoms with Crippen LogP contribution in [0, 0.1) is 0 Å². The molecule has 0 atom stereocenters. The Kier molecular flexibility index (Phi) is 6.07. The molecular formula is C21H27N3O2S. The van der Waals surface area contributed by atoms with Crippen LogP contribution in [0.4, 0.5) is 5.69 Å². The van der Waals surface area contributed by atoms with Crippen molar-refractivity contribution in [1.29, 1.82) is 0 Å². The third kappa shape index (κ3) is 3.82. The second-order valence-corrected chi connectivity index (χ2v) is 8.17. The van der Waals surface area contributed by atoms with Gasteiger partial charge in [0.25, 0.3) is 5.91 Å². The van der Waals surface area contributed by atoms with E-state index in [1.54, 1.807) is 11.9 Å². The predicted molar refractivity (Wildman–Crippen MR) is 112 cm³/mol. The molecule has 0 unspecified atom stereocenters. The molecule has 2 aromatic carbocycles. The summed E-state index contributed by atoms with van der Waals surface area (Å²) in [6.45, 7) is 5.08. The molecule has 1 aliphatic heterocycles. The first-order valence-corrected chi connectivity index (χ1v) is 10.3. The molecule has 2 aromatic rings. The summed E-state index contributed by atoms with van der Waals surface area (Å²) < 4.78 is 3.72. The Bertz CT molecular complexity index is 847. The van der Waals surface area contributed by atoms with Gasteiger partial charge in [0, 0.05) is 27.9 Å². The monoisotopic (exact) mass is 385 g/mol. The summed E-state index contributed by atoms with van der Waals surface area (Å²) in [5.41, 5.74) is 6.29. The number of nitrogens with zero attached hydrogens (tertiary/aromatic N) is 1. The number of benzene rings is 2. The first-order valence-electron chi connectivity index (χ1n) is 9.51. The van der Waals surface area contributed by atoms with Crippen molar-refractivity contribution in [1.82, 2.24) is 4.72 Å². The van der Waals surface area contributed by atoms with Crippen molar-refractivity contribution >= 4 is 40.7 Å². The van der Waals surface area contributed by atoms with Crippen molar-refractivity contribution in [2.45, 2.75) is 56.4 Å². The fourth-order valence-corrected chi connectivity index (χ4v) is 5.01. The van der Waals surface area contributed by atoms with Gasteiger partial charge in [0.2, 0.25) is 6.41 Å². The highest BCUT2D eigenvalue weighted by Gasteiger charge is 2.30. The summed E-state index contributed by atoms with van der Waals surface area (Å²) in [6, 6.07) is 10.4. The van der Waals surface area contributed by atoms with Gasteiger partial charge in [0.05, 0.1) is 5.69 Å². The van der Waals surface area contributed by atoms with E-state index in [2.05, 4.69) is 35.6 Å². The smallest absolute Gasteiger partial charge is 0.258 e. The minimum Gasteiger partial charge on any atom is -0.372 e. The summed E-state index contributed by atoms with van der Waals surface area (Å²) in [4.78, 5) is 24.3. The van der Waals surface area contributed by atoms with Gasteiger partial charge in [-0.1, -0.05) is 31.4 Å². The SMILES string of the molecule is CCN1C(=O)c2cccc3c(SNC4(C)CCCCC4)ccc1c23.NC=O. The van der Waals surface area contributed by atoms with Gasteiger partial charge >= 0.3 is 0 Å². The normalized spacial score (nSPS) is 17.6. The molecule has 2 amide bonds. The Hall–Kier alpha value is -2.05. The van der Waals surface area contributed by atoms with E-state index in [0.717, 1.165) is 16.6 Å². The van der Waals surface area contributed by atoms with Gasteiger partial charge in [-0.25, -0.2) is 0 Å². The first kappa shape index (κ1) is 19.7. The second-order valence-electron chi connectivity index (χ2n) is 7.32. The highest BCUT2D eigenvalue weighted by atomic mass is 32.2. The zero-order chi connectivity index (χ0) is 19.4. The molecule has 27 heavy (non-hydrogen) atoms. The van der Waals surface area contributed by atoms with Crippen molar-refractivity contribution in [2.24, 2.45) is 5.73 Å². The Morgan fingerprint density at radius 1 is 1.22 bits per heavy atom. The highest BCUT2D eigenvalue weighted by molar-refractivity contribution is 7.97. The van der Waals surface area contributed by atoms with E-state index >= 15 is 0 Å². The van der Waals surface area contributed by atoms with Crippen molar-refractivity contribution in [2.75, 3.05) is 11.4 Å². The molecule has 2 aliphatic rings. The Morgan fingerprint density at radius 3 is 2.59 bits per heavy atom. The van der Waals surface area contributed by atoms with E-state index in [4.69, 9.17) is 4.79 Å². The molecule has 0 bridgehead atoms.